The Kier molecular flexibility index (Phi) is 8.62. The molecule has 0 spiro atoms. The maximum Gasteiger partial charge on any atom is 0.402 e. The molecule has 0 radical (unpaired) electrons. The number of aliphatic hydroxyl groups excluding tert-OH is 5. The predicted octanol–water partition coefficient (Wildman–Crippen LogP) is 2.42. The van der Waals surface area contributed by atoms with Crippen LogP contribution in [0.2, 0.25) is 0 Å². The number of ether oxygens (including phenoxy) is 3. The summed E-state index contributed by atoms with van der Waals surface area (Å²) in [6.07, 6.45) is -11.0. The van der Waals surface area contributed by atoms with E-state index in [1.165, 1.54) is 60.7 Å². The van der Waals surface area contributed by atoms with E-state index < -0.39 is 72.7 Å². The van der Waals surface area contributed by atoms with Crippen molar-refractivity contribution >= 4 is 11.0 Å². The molecule has 3 heterocycles. The topological polar surface area (TPSA) is 262 Å². The molecular weight excluding hydrogens is 672 g/mol. The minimum atomic E-state index is -1.82. The highest BCUT2D eigenvalue weighted by Crippen LogP contribution is 2.55. The number of fused-ring (bicyclic) bond motifs is 2. The number of hydrogen-bond acceptors (Lipinski definition) is 14. The van der Waals surface area contributed by atoms with Gasteiger partial charge in [0.05, 0.1) is 18.1 Å². The van der Waals surface area contributed by atoms with Gasteiger partial charge in [0.25, 0.3) is 0 Å². The summed E-state index contributed by atoms with van der Waals surface area (Å²) in [4.78, 5) is 0. The summed E-state index contributed by atoms with van der Waals surface area (Å²) in [5, 5.41) is 117. The smallest absolute Gasteiger partial charge is 0.402 e. The van der Waals surface area contributed by atoms with Crippen molar-refractivity contribution in [1.82, 2.24) is 0 Å². The lowest BCUT2D eigenvalue weighted by Crippen LogP contribution is -2.60. The van der Waals surface area contributed by atoms with Crippen molar-refractivity contribution in [2.24, 2.45) is 0 Å². The van der Waals surface area contributed by atoms with Gasteiger partial charge in [-0.2, -0.15) is 0 Å². The molecule has 51 heavy (non-hydrogen) atoms. The van der Waals surface area contributed by atoms with E-state index in [4.69, 9.17) is 18.6 Å². The van der Waals surface area contributed by atoms with Crippen molar-refractivity contribution in [3.05, 3.63) is 89.5 Å². The van der Waals surface area contributed by atoms with E-state index in [9.17, 15) is 56.2 Å². The largest absolute Gasteiger partial charge is 0.508 e. The minimum Gasteiger partial charge on any atom is -0.508 e. The Labute approximate surface area is 287 Å². The summed E-state index contributed by atoms with van der Waals surface area (Å²) in [5.41, 5.74) is 0.249. The average molecular weight is 706 g/mol. The second-order valence-corrected chi connectivity index (χ2v) is 12.3. The van der Waals surface area contributed by atoms with Gasteiger partial charge < -0.3 is 70.4 Å². The molecule has 266 valence electrons. The van der Waals surface area contributed by atoms with Gasteiger partial charge in [-0.25, -0.2) is 4.42 Å². The average Bonchev–Trinajstić information content (AvgIpc) is 3.10. The van der Waals surface area contributed by atoms with Crippen molar-refractivity contribution in [1.29, 1.82) is 0 Å². The molecule has 2 aliphatic rings. The van der Waals surface area contributed by atoms with Crippen LogP contribution in [0.25, 0.3) is 22.3 Å². The molecule has 0 aliphatic carbocycles. The molecule has 5 aromatic rings. The zero-order chi connectivity index (χ0) is 36.3. The lowest BCUT2D eigenvalue weighted by molar-refractivity contribution is -0.277. The zero-order valence-corrected chi connectivity index (χ0v) is 26.3. The van der Waals surface area contributed by atoms with Crippen LogP contribution in [0.15, 0.2) is 77.2 Å². The fraction of sp³-hybridized carbons (Fsp3) is 0.250. The van der Waals surface area contributed by atoms with Gasteiger partial charge in [-0.15, -0.1) is 0 Å². The first-order chi connectivity index (χ1) is 24.4. The van der Waals surface area contributed by atoms with Gasteiger partial charge in [0.1, 0.15) is 81.7 Å². The highest BCUT2D eigenvalue weighted by atomic mass is 16.7. The number of hydrogen-bond donors (Lipinski definition) is 11. The third-order valence-electron chi connectivity index (χ3n) is 9.09. The standard InChI is InChI=1S/C36H32O15/c37-13-25-29(44)31(46)32(47)36(50-25)49-24-11-19-20(41)12-22(43)27(35(19)51-33(24)14-1-5-16(38)6-2-14)28-26-21(42)9-18(40)10-23(26)48-34(30(28)45)15-3-7-17(39)8-4-15/h1-12,25,28-32,34,36-37,44-47H,13H2,(H5-,38,39,40,41,42,43)/p+1/t25-,28+,29-,30-,31+,32-,34-,36-/m1/s1. The van der Waals surface area contributed by atoms with Gasteiger partial charge in [-0.3, -0.25) is 0 Å². The zero-order valence-electron chi connectivity index (χ0n) is 26.3. The normalized spacial score (nSPS) is 26.0. The number of phenolic OH excluding ortho intramolecular Hbond substituents is 6. The third-order valence-corrected chi connectivity index (χ3v) is 9.09. The molecular formula is C36H33O15+. The van der Waals surface area contributed by atoms with Gasteiger partial charge in [0.2, 0.25) is 12.0 Å². The molecule has 0 amide bonds. The Morgan fingerprint density at radius 2 is 1.29 bits per heavy atom. The van der Waals surface area contributed by atoms with Gasteiger partial charge in [0.15, 0.2) is 6.10 Å². The lowest BCUT2D eigenvalue weighted by Gasteiger charge is -2.39. The number of benzene rings is 4. The monoisotopic (exact) mass is 705 g/mol. The SMILES string of the molecule is OC[C@H]1O[C@@H](Oc2cc3c(O)cc(O)c([C@@H]4c5c(O)cc(O)cc5O[C@H](c5ccc(O)cc5)[C@@H]4O)c3[o+]c2-c2ccc(O)cc2)[C@H](O)[C@@H](O)[C@@H]1O. The molecule has 11 N–H and O–H groups in total. The first kappa shape index (κ1) is 33.9. The van der Waals surface area contributed by atoms with E-state index >= 15 is 0 Å². The van der Waals surface area contributed by atoms with Crippen LogP contribution in [0.3, 0.4) is 0 Å². The number of aromatic hydroxyl groups is 6. The van der Waals surface area contributed by atoms with Crippen LogP contribution in [0.5, 0.6) is 46.0 Å². The molecule has 7 rings (SSSR count). The number of rotatable bonds is 6. The summed E-state index contributed by atoms with van der Waals surface area (Å²) in [6, 6.07) is 15.8. The molecule has 0 bridgehead atoms. The first-order valence-electron chi connectivity index (χ1n) is 15.7. The number of aliphatic hydroxyl groups is 5. The van der Waals surface area contributed by atoms with Crippen molar-refractivity contribution < 1.29 is 74.8 Å². The van der Waals surface area contributed by atoms with Crippen molar-refractivity contribution in [2.45, 2.75) is 48.8 Å². The third kappa shape index (κ3) is 5.91. The molecule has 15 heteroatoms. The summed E-state index contributed by atoms with van der Waals surface area (Å²) in [6.45, 7) is -0.730. The lowest BCUT2D eigenvalue weighted by atomic mass is 9.78. The fourth-order valence-corrected chi connectivity index (χ4v) is 6.56. The van der Waals surface area contributed by atoms with Crippen LogP contribution < -0.4 is 9.47 Å². The highest BCUT2D eigenvalue weighted by Gasteiger charge is 2.48. The van der Waals surface area contributed by atoms with Gasteiger partial charge in [-0.05, 0) is 42.0 Å². The van der Waals surface area contributed by atoms with Crippen LogP contribution in [-0.4, -0.2) is 99.6 Å². The van der Waals surface area contributed by atoms with E-state index in [1.807, 2.05) is 0 Å². The Morgan fingerprint density at radius 1 is 0.647 bits per heavy atom. The quantitative estimate of drug-likeness (QED) is 0.113. The maximum absolute atomic E-state index is 12.0. The maximum atomic E-state index is 12.0. The predicted molar refractivity (Wildman–Crippen MR) is 175 cm³/mol. The molecule has 0 unspecified atom stereocenters. The molecule has 0 saturated carbocycles. The molecule has 1 aromatic heterocycles. The second kappa shape index (κ2) is 13.0. The Balaban J connectivity index is 1.45. The summed E-state index contributed by atoms with van der Waals surface area (Å²) in [5.74, 6) is -3.86. The van der Waals surface area contributed by atoms with Crippen LogP contribution in [0, 0.1) is 0 Å². The number of phenols is 6. The minimum absolute atomic E-state index is 0.0411. The van der Waals surface area contributed by atoms with Crippen LogP contribution >= 0.6 is 0 Å². The first-order valence-corrected chi connectivity index (χ1v) is 15.7. The van der Waals surface area contributed by atoms with Crippen molar-refractivity contribution in [3.63, 3.8) is 0 Å². The van der Waals surface area contributed by atoms with E-state index in [1.54, 1.807) is 0 Å². The Hall–Kier alpha value is -5.55. The van der Waals surface area contributed by atoms with Crippen LogP contribution in [-0.2, 0) is 4.74 Å². The van der Waals surface area contributed by atoms with Gasteiger partial charge in [-0.1, -0.05) is 12.1 Å². The summed E-state index contributed by atoms with van der Waals surface area (Å²) < 4.78 is 23.9. The molecule has 8 atom stereocenters. The van der Waals surface area contributed by atoms with Crippen molar-refractivity contribution in [3.8, 4) is 57.3 Å². The van der Waals surface area contributed by atoms with Crippen LogP contribution in [0.1, 0.15) is 28.7 Å². The molecule has 1 saturated heterocycles. The molecule has 2 aliphatic heterocycles. The Bertz CT molecular complexity index is 2080. The highest BCUT2D eigenvalue weighted by molar-refractivity contribution is 5.92. The van der Waals surface area contributed by atoms with Crippen LogP contribution in [0.4, 0.5) is 0 Å². The second-order valence-electron chi connectivity index (χ2n) is 12.3. The summed E-state index contributed by atoms with van der Waals surface area (Å²) >= 11 is 0. The van der Waals surface area contributed by atoms with Gasteiger partial charge >= 0.3 is 11.3 Å². The summed E-state index contributed by atoms with van der Waals surface area (Å²) in [7, 11) is 0. The van der Waals surface area contributed by atoms with E-state index in [0.717, 1.165) is 12.1 Å². The molecule has 1 fully saturated rings. The van der Waals surface area contributed by atoms with Gasteiger partial charge in [0, 0.05) is 29.8 Å². The van der Waals surface area contributed by atoms with E-state index in [2.05, 4.69) is 0 Å². The Morgan fingerprint density at radius 3 is 1.96 bits per heavy atom. The van der Waals surface area contributed by atoms with E-state index in [-0.39, 0.29) is 62.2 Å². The van der Waals surface area contributed by atoms with Crippen molar-refractivity contribution in [2.75, 3.05) is 6.61 Å². The molecule has 15 nitrogen and oxygen atoms in total. The molecule has 4 aromatic carbocycles. The van der Waals surface area contributed by atoms with E-state index in [0.29, 0.717) is 5.56 Å². The fourth-order valence-electron chi connectivity index (χ4n) is 6.56.